The van der Waals surface area contributed by atoms with Gasteiger partial charge in [0, 0.05) is 7.05 Å². The minimum Gasteiger partial charge on any atom is -0.497 e. The van der Waals surface area contributed by atoms with E-state index in [1.165, 1.54) is 4.90 Å². The van der Waals surface area contributed by atoms with Crippen LogP contribution < -0.4 is 4.74 Å². The van der Waals surface area contributed by atoms with Gasteiger partial charge < -0.3 is 14.4 Å². The molecule has 0 heterocycles. The van der Waals surface area contributed by atoms with Crippen LogP contribution in [0.2, 0.25) is 0 Å². The van der Waals surface area contributed by atoms with E-state index in [0.717, 1.165) is 5.56 Å². The Balaban J connectivity index is 2.47. The Hall–Kier alpha value is -1.76. The van der Waals surface area contributed by atoms with Gasteiger partial charge in [0.25, 0.3) is 0 Å². The van der Waals surface area contributed by atoms with Gasteiger partial charge in [-0.15, -0.1) is 0 Å². The fourth-order valence-corrected chi connectivity index (χ4v) is 1.85. The smallest absolute Gasteiger partial charge is 0.411 e. The van der Waals surface area contributed by atoms with Crippen molar-refractivity contribution in [3.05, 3.63) is 29.8 Å². The predicted molar refractivity (Wildman–Crippen MR) is 75.7 cm³/mol. The van der Waals surface area contributed by atoms with Crippen molar-refractivity contribution in [1.29, 1.82) is 0 Å². The summed E-state index contributed by atoms with van der Waals surface area (Å²) in [6.07, 6.45) is -4.46. The molecule has 0 spiro atoms. The highest BCUT2D eigenvalue weighted by Crippen LogP contribution is 2.22. The molecule has 7 heteroatoms. The van der Waals surface area contributed by atoms with Crippen molar-refractivity contribution in [3.8, 4) is 5.75 Å². The van der Waals surface area contributed by atoms with E-state index in [0.29, 0.717) is 5.75 Å². The maximum Gasteiger partial charge on any atom is 0.411 e. The maximum atomic E-state index is 11.9. The van der Waals surface area contributed by atoms with Gasteiger partial charge in [0.15, 0.2) is 0 Å². The molecule has 124 valence electrons. The second-order valence-corrected chi connectivity index (χ2v) is 4.87. The molecule has 1 aromatic carbocycles. The lowest BCUT2D eigenvalue weighted by Gasteiger charge is -2.25. The van der Waals surface area contributed by atoms with Crippen molar-refractivity contribution >= 4 is 5.91 Å². The number of alkyl halides is 3. The topological polar surface area (TPSA) is 38.8 Å². The number of ether oxygens (including phenoxy) is 2. The zero-order valence-corrected chi connectivity index (χ0v) is 12.8. The Labute approximate surface area is 127 Å². The van der Waals surface area contributed by atoms with Crippen molar-refractivity contribution in [2.75, 3.05) is 27.4 Å². The third kappa shape index (κ3) is 5.93. The van der Waals surface area contributed by atoms with Gasteiger partial charge in [-0.05, 0) is 24.6 Å². The van der Waals surface area contributed by atoms with Crippen LogP contribution in [0.5, 0.6) is 5.75 Å². The van der Waals surface area contributed by atoms with Gasteiger partial charge in [-0.25, -0.2) is 0 Å². The number of hydrogen-bond acceptors (Lipinski definition) is 3. The van der Waals surface area contributed by atoms with Crippen LogP contribution in [0, 0.1) is 0 Å². The molecule has 22 heavy (non-hydrogen) atoms. The minimum atomic E-state index is -4.37. The van der Waals surface area contributed by atoms with Crippen LogP contribution in [0.3, 0.4) is 0 Å². The first-order chi connectivity index (χ1) is 10.2. The summed E-state index contributed by atoms with van der Waals surface area (Å²) < 4.78 is 45.3. The van der Waals surface area contributed by atoms with Gasteiger partial charge in [-0.3, -0.25) is 4.79 Å². The summed E-state index contributed by atoms with van der Waals surface area (Å²) in [6, 6.07) is 7.06. The van der Waals surface area contributed by atoms with E-state index in [-0.39, 0.29) is 25.0 Å². The van der Waals surface area contributed by atoms with Gasteiger partial charge in [0.1, 0.15) is 12.4 Å². The highest BCUT2D eigenvalue weighted by molar-refractivity contribution is 5.76. The number of carbonyl (C=O) groups is 1. The first-order valence-electron chi connectivity index (χ1n) is 6.78. The quantitative estimate of drug-likeness (QED) is 0.725. The zero-order valence-electron chi connectivity index (χ0n) is 12.8. The Morgan fingerprint density at radius 3 is 2.36 bits per heavy atom. The molecule has 0 aromatic heterocycles. The van der Waals surface area contributed by atoms with E-state index in [2.05, 4.69) is 4.74 Å². The molecule has 1 amide bonds. The predicted octanol–water partition coefficient (Wildman–Crippen LogP) is 3.18. The lowest BCUT2D eigenvalue weighted by Crippen LogP contribution is -2.30. The van der Waals surface area contributed by atoms with Gasteiger partial charge in [-0.1, -0.05) is 12.1 Å². The molecule has 1 unspecified atom stereocenters. The molecule has 0 bridgehead atoms. The Morgan fingerprint density at radius 2 is 1.86 bits per heavy atom. The van der Waals surface area contributed by atoms with Crippen molar-refractivity contribution < 1.29 is 27.4 Å². The summed E-state index contributed by atoms with van der Waals surface area (Å²) in [5.74, 6) is 0.441. The highest BCUT2D eigenvalue weighted by Gasteiger charge is 2.27. The van der Waals surface area contributed by atoms with E-state index in [4.69, 9.17) is 4.74 Å². The molecule has 1 rings (SSSR count). The summed E-state index contributed by atoms with van der Waals surface area (Å²) in [5, 5.41) is 0. The van der Waals surface area contributed by atoms with Crippen LogP contribution in [-0.4, -0.2) is 44.4 Å². The fraction of sp³-hybridized carbons (Fsp3) is 0.533. The number of benzene rings is 1. The van der Waals surface area contributed by atoms with E-state index < -0.39 is 12.8 Å². The fourth-order valence-electron chi connectivity index (χ4n) is 1.85. The molecule has 0 saturated carbocycles. The second kappa shape index (κ2) is 8.03. The largest absolute Gasteiger partial charge is 0.497 e. The number of carbonyl (C=O) groups excluding carboxylic acids is 1. The molecule has 0 fully saturated rings. The Kier molecular flexibility index (Phi) is 6.67. The Morgan fingerprint density at radius 1 is 1.27 bits per heavy atom. The van der Waals surface area contributed by atoms with Crippen LogP contribution in [0.4, 0.5) is 13.2 Å². The van der Waals surface area contributed by atoms with Gasteiger partial charge in [-0.2, -0.15) is 13.2 Å². The van der Waals surface area contributed by atoms with Crippen LogP contribution in [0.1, 0.15) is 24.9 Å². The molecular weight excluding hydrogens is 299 g/mol. The first-order valence-corrected chi connectivity index (χ1v) is 6.78. The average Bonchev–Trinajstić information content (AvgIpc) is 2.49. The normalized spacial score (nSPS) is 12.8. The highest BCUT2D eigenvalue weighted by atomic mass is 19.4. The molecule has 0 radical (unpaired) electrons. The van der Waals surface area contributed by atoms with Crippen molar-refractivity contribution in [2.24, 2.45) is 0 Å². The first kappa shape index (κ1) is 18.3. The number of rotatable bonds is 7. The Bertz CT molecular complexity index is 474. The van der Waals surface area contributed by atoms with E-state index >= 15 is 0 Å². The van der Waals surface area contributed by atoms with Crippen LogP contribution in [-0.2, 0) is 9.53 Å². The van der Waals surface area contributed by atoms with E-state index in [9.17, 15) is 18.0 Å². The molecule has 1 aromatic rings. The molecule has 0 aliphatic carbocycles. The SMILES string of the molecule is COc1ccc(C(C)N(C)C(=O)CCOCC(F)(F)F)cc1. The van der Waals surface area contributed by atoms with Crippen molar-refractivity contribution in [2.45, 2.75) is 25.6 Å². The number of nitrogens with zero attached hydrogens (tertiary/aromatic N) is 1. The number of hydrogen-bond donors (Lipinski definition) is 0. The van der Waals surface area contributed by atoms with Crippen LogP contribution in [0.15, 0.2) is 24.3 Å². The maximum absolute atomic E-state index is 11.9. The van der Waals surface area contributed by atoms with Crippen molar-refractivity contribution in [3.63, 3.8) is 0 Å². The van der Waals surface area contributed by atoms with Crippen LogP contribution >= 0.6 is 0 Å². The van der Waals surface area contributed by atoms with E-state index in [1.54, 1.807) is 26.3 Å². The van der Waals surface area contributed by atoms with Crippen molar-refractivity contribution in [1.82, 2.24) is 4.90 Å². The minimum absolute atomic E-state index is 0.0902. The summed E-state index contributed by atoms with van der Waals surface area (Å²) in [7, 11) is 3.18. The zero-order chi connectivity index (χ0) is 16.8. The van der Waals surface area contributed by atoms with Crippen LogP contribution in [0.25, 0.3) is 0 Å². The lowest BCUT2D eigenvalue weighted by atomic mass is 10.1. The van der Waals surface area contributed by atoms with Gasteiger partial charge >= 0.3 is 6.18 Å². The summed E-state index contributed by atoms with van der Waals surface area (Å²) >= 11 is 0. The number of halogens is 3. The third-order valence-electron chi connectivity index (χ3n) is 3.30. The van der Waals surface area contributed by atoms with Gasteiger partial charge in [0.05, 0.1) is 26.2 Å². The standard InChI is InChI=1S/C15H20F3NO3/c1-11(12-4-6-13(21-3)7-5-12)19(2)14(20)8-9-22-10-15(16,17)18/h4-7,11H,8-10H2,1-3H3. The average molecular weight is 319 g/mol. The molecule has 0 N–H and O–H groups in total. The molecule has 0 aliphatic heterocycles. The van der Waals surface area contributed by atoms with E-state index in [1.807, 2.05) is 19.1 Å². The molecular formula is C15H20F3NO3. The van der Waals surface area contributed by atoms with Gasteiger partial charge in [0.2, 0.25) is 5.91 Å². The molecule has 4 nitrogen and oxygen atoms in total. The third-order valence-corrected chi connectivity index (χ3v) is 3.30. The summed E-state index contributed by atoms with van der Waals surface area (Å²) in [4.78, 5) is 13.4. The lowest BCUT2D eigenvalue weighted by molar-refractivity contribution is -0.175. The monoisotopic (exact) mass is 319 g/mol. The summed E-state index contributed by atoms with van der Waals surface area (Å²) in [6.45, 7) is 0.256. The second-order valence-electron chi connectivity index (χ2n) is 4.87. The molecule has 0 saturated heterocycles. The molecule has 0 aliphatic rings. The summed E-state index contributed by atoms with van der Waals surface area (Å²) in [5.41, 5.74) is 0.910. The molecule has 1 atom stereocenters. The number of amides is 1. The number of methoxy groups -OCH3 is 1.